The highest BCUT2D eigenvalue weighted by Crippen LogP contribution is 1.96. The minimum absolute atomic E-state index is 0. The molecule has 0 spiro atoms. The third-order valence-corrected chi connectivity index (χ3v) is 3.26. The lowest BCUT2D eigenvalue weighted by atomic mass is 10.2. The van der Waals surface area contributed by atoms with Crippen molar-refractivity contribution in [2.24, 2.45) is 10.8 Å². The Hall–Kier alpha value is -0.890. The zero-order valence-corrected chi connectivity index (χ0v) is 16.9. The van der Waals surface area contributed by atoms with E-state index in [1.807, 2.05) is 13.8 Å². The van der Waals surface area contributed by atoms with E-state index in [0.717, 1.165) is 71.7 Å². The van der Waals surface area contributed by atoms with Crippen molar-refractivity contribution in [2.45, 2.75) is 67.2 Å². The Morgan fingerprint density at radius 2 is 1.14 bits per heavy atom. The third kappa shape index (κ3) is 40.0. The van der Waals surface area contributed by atoms with E-state index < -0.39 is 0 Å². The van der Waals surface area contributed by atoms with Crippen molar-refractivity contribution >= 4 is 0 Å². The summed E-state index contributed by atoms with van der Waals surface area (Å²) in [4.78, 5) is 2.68. The topological polar surface area (TPSA) is 112 Å². The Balaban J connectivity index is -0.000000194. The van der Waals surface area contributed by atoms with Gasteiger partial charge >= 0.3 is 0 Å². The maximum absolute atomic E-state index is 8.01. The van der Waals surface area contributed by atoms with E-state index in [0.29, 0.717) is 26.4 Å². The number of hydrogen-bond donors (Lipinski definition) is 1. The standard InChI is InChI=1S/C9H19N3O2.C9H21NO2.2CH4/c1-2-13-8-9-14-7-5-3-4-6-11-12-10;1-2-11-8-9-12-7-5-3-4-6-10;;/h2-9H2,1H3;2-10H2,1H3;2*1H4. The number of nitrogens with two attached hydrogens (primary N) is 1. The first-order chi connectivity index (χ1) is 12.8. The van der Waals surface area contributed by atoms with Crippen LogP contribution in [0.5, 0.6) is 0 Å². The van der Waals surface area contributed by atoms with Crippen LogP contribution in [0.1, 0.15) is 67.2 Å². The lowest BCUT2D eigenvalue weighted by Gasteiger charge is -2.03. The molecule has 0 aromatic carbocycles. The molecule has 0 saturated heterocycles. The van der Waals surface area contributed by atoms with E-state index in [1.54, 1.807) is 0 Å². The number of ether oxygens (including phenoxy) is 4. The molecule has 0 aromatic rings. The molecule has 172 valence electrons. The van der Waals surface area contributed by atoms with Gasteiger partial charge in [-0.15, -0.1) is 0 Å². The van der Waals surface area contributed by atoms with Gasteiger partial charge in [0.25, 0.3) is 0 Å². The lowest BCUT2D eigenvalue weighted by Crippen LogP contribution is -2.05. The molecule has 0 aliphatic heterocycles. The van der Waals surface area contributed by atoms with Crippen LogP contribution in [-0.2, 0) is 18.9 Å². The summed E-state index contributed by atoms with van der Waals surface area (Å²) in [5.41, 5.74) is 13.4. The molecule has 0 aliphatic carbocycles. The van der Waals surface area contributed by atoms with E-state index in [1.165, 1.54) is 6.42 Å². The Labute approximate surface area is 174 Å². The van der Waals surface area contributed by atoms with E-state index in [9.17, 15) is 0 Å². The van der Waals surface area contributed by atoms with Gasteiger partial charge in [0.2, 0.25) is 0 Å². The lowest BCUT2D eigenvalue weighted by molar-refractivity contribution is 0.0513. The molecular formula is C20H48N4O4. The fourth-order valence-electron chi connectivity index (χ4n) is 1.86. The minimum Gasteiger partial charge on any atom is -0.379 e. The molecule has 0 unspecified atom stereocenters. The van der Waals surface area contributed by atoms with Gasteiger partial charge in [-0.3, -0.25) is 0 Å². The van der Waals surface area contributed by atoms with Crippen LogP contribution in [0.4, 0.5) is 0 Å². The first kappa shape index (κ1) is 34.6. The van der Waals surface area contributed by atoms with E-state index in [2.05, 4.69) is 10.0 Å². The smallest absolute Gasteiger partial charge is 0.0700 e. The van der Waals surface area contributed by atoms with Gasteiger partial charge in [-0.25, -0.2) is 0 Å². The highest BCUT2D eigenvalue weighted by molar-refractivity contribution is 4.48. The van der Waals surface area contributed by atoms with Crippen molar-refractivity contribution in [2.75, 3.05) is 65.9 Å². The fourth-order valence-corrected chi connectivity index (χ4v) is 1.86. The number of rotatable bonds is 19. The summed E-state index contributed by atoms with van der Waals surface area (Å²) < 4.78 is 20.9. The second kappa shape index (κ2) is 36.9. The summed E-state index contributed by atoms with van der Waals surface area (Å²) in [5.74, 6) is 0. The molecule has 8 nitrogen and oxygen atoms in total. The molecule has 0 saturated carbocycles. The zero-order chi connectivity index (χ0) is 19.6. The van der Waals surface area contributed by atoms with Crippen molar-refractivity contribution in [3.63, 3.8) is 0 Å². The van der Waals surface area contributed by atoms with Crippen LogP contribution in [0.2, 0.25) is 0 Å². The summed E-state index contributed by atoms with van der Waals surface area (Å²) in [6, 6.07) is 0. The van der Waals surface area contributed by atoms with Crippen LogP contribution in [0.15, 0.2) is 5.11 Å². The molecule has 0 rings (SSSR count). The average molecular weight is 409 g/mol. The van der Waals surface area contributed by atoms with Crippen molar-refractivity contribution in [3.05, 3.63) is 10.4 Å². The number of nitrogens with zero attached hydrogens (tertiary/aromatic N) is 3. The van der Waals surface area contributed by atoms with E-state index in [-0.39, 0.29) is 14.9 Å². The first-order valence-corrected chi connectivity index (χ1v) is 9.85. The second-order valence-electron chi connectivity index (χ2n) is 5.48. The van der Waals surface area contributed by atoms with Crippen molar-refractivity contribution in [1.82, 2.24) is 0 Å². The van der Waals surface area contributed by atoms with Gasteiger partial charge in [0, 0.05) is 37.9 Å². The Morgan fingerprint density at radius 1 is 0.679 bits per heavy atom. The average Bonchev–Trinajstić information content (AvgIpc) is 2.66. The highest BCUT2D eigenvalue weighted by Gasteiger charge is 1.90. The Kier molecular flexibility index (Phi) is 45.7. The summed E-state index contributed by atoms with van der Waals surface area (Å²) in [6.07, 6.45) is 6.41. The fraction of sp³-hybridized carbons (Fsp3) is 1.00. The van der Waals surface area contributed by atoms with Crippen molar-refractivity contribution < 1.29 is 18.9 Å². The predicted molar refractivity (Wildman–Crippen MR) is 119 cm³/mol. The maximum atomic E-state index is 8.01. The zero-order valence-electron chi connectivity index (χ0n) is 16.9. The quantitative estimate of drug-likeness (QED) is 0.140. The molecule has 8 heteroatoms. The SMILES string of the molecule is C.C.CCOCCOCCCCCN.CCOCCOCCCCCN=[N+]=[N-]. The predicted octanol–water partition coefficient (Wildman–Crippen LogP) is 4.96. The molecule has 2 N–H and O–H groups in total. The molecule has 0 aliphatic rings. The van der Waals surface area contributed by atoms with Crippen molar-refractivity contribution in [1.29, 1.82) is 0 Å². The van der Waals surface area contributed by atoms with Gasteiger partial charge < -0.3 is 24.7 Å². The Morgan fingerprint density at radius 3 is 1.57 bits per heavy atom. The number of hydrogen-bond acceptors (Lipinski definition) is 6. The maximum Gasteiger partial charge on any atom is 0.0700 e. The van der Waals surface area contributed by atoms with Crippen LogP contribution in [0.3, 0.4) is 0 Å². The molecule has 28 heavy (non-hydrogen) atoms. The van der Waals surface area contributed by atoms with Gasteiger partial charge in [0.1, 0.15) is 0 Å². The van der Waals surface area contributed by atoms with Crippen LogP contribution < -0.4 is 5.73 Å². The number of unbranched alkanes of at least 4 members (excludes halogenated alkanes) is 4. The van der Waals surface area contributed by atoms with Crippen LogP contribution >= 0.6 is 0 Å². The highest BCUT2D eigenvalue weighted by atomic mass is 16.5. The summed E-state index contributed by atoms with van der Waals surface area (Å²) in [5, 5.41) is 3.45. The largest absolute Gasteiger partial charge is 0.379 e. The van der Waals surface area contributed by atoms with Crippen LogP contribution in [0.25, 0.3) is 10.4 Å². The molecule has 0 atom stereocenters. The summed E-state index contributed by atoms with van der Waals surface area (Å²) in [6.45, 7) is 11.2. The van der Waals surface area contributed by atoms with Gasteiger partial charge in [0.05, 0.1) is 26.4 Å². The van der Waals surface area contributed by atoms with Gasteiger partial charge in [0.15, 0.2) is 0 Å². The number of azide groups is 1. The molecule has 0 heterocycles. The minimum atomic E-state index is 0. The summed E-state index contributed by atoms with van der Waals surface area (Å²) >= 11 is 0. The van der Waals surface area contributed by atoms with Crippen molar-refractivity contribution in [3.8, 4) is 0 Å². The van der Waals surface area contributed by atoms with Gasteiger partial charge in [-0.2, -0.15) is 0 Å². The van der Waals surface area contributed by atoms with Gasteiger partial charge in [-0.05, 0) is 58.0 Å². The molecule has 0 fully saturated rings. The van der Waals surface area contributed by atoms with Crippen LogP contribution in [0, 0.1) is 0 Å². The molecule has 0 amide bonds. The van der Waals surface area contributed by atoms with Gasteiger partial charge in [-0.1, -0.05) is 26.4 Å². The van der Waals surface area contributed by atoms with E-state index in [4.69, 9.17) is 30.2 Å². The molecular weight excluding hydrogens is 360 g/mol. The third-order valence-electron chi connectivity index (χ3n) is 3.26. The Bertz CT molecular complexity index is 281. The molecule has 0 radical (unpaired) electrons. The molecule has 0 bridgehead atoms. The first-order valence-electron chi connectivity index (χ1n) is 9.85. The second-order valence-corrected chi connectivity index (χ2v) is 5.48. The normalized spacial score (nSPS) is 9.39. The molecule has 0 aromatic heterocycles. The van der Waals surface area contributed by atoms with E-state index >= 15 is 0 Å². The van der Waals surface area contributed by atoms with Crippen LogP contribution in [-0.4, -0.2) is 65.9 Å². The monoisotopic (exact) mass is 408 g/mol. The summed E-state index contributed by atoms with van der Waals surface area (Å²) in [7, 11) is 0.